The van der Waals surface area contributed by atoms with E-state index in [0.29, 0.717) is 68.6 Å². The number of para-hydroxylation sites is 2. The molecule has 10 nitrogen and oxygen atoms in total. The van der Waals surface area contributed by atoms with Crippen molar-refractivity contribution in [3.8, 4) is 0 Å². The monoisotopic (exact) mass is 587 g/mol. The predicted molar refractivity (Wildman–Crippen MR) is 160 cm³/mol. The van der Waals surface area contributed by atoms with Gasteiger partial charge < -0.3 is 34.1 Å². The molecule has 0 radical (unpaired) electrons. The van der Waals surface area contributed by atoms with Crippen LogP contribution in [0.15, 0.2) is 81.9 Å². The molecule has 3 aliphatic rings. The van der Waals surface area contributed by atoms with E-state index in [2.05, 4.69) is 10.2 Å². The maximum absolute atomic E-state index is 14.0. The van der Waals surface area contributed by atoms with Crippen LogP contribution in [0.3, 0.4) is 0 Å². The standard InChI is InChI=1S/C33H37N3O7/c1-2-41-31-23(12-8-18-37)25(26-20-42-27-13-7-6-11-24(27)29(26)38)19-28(43-31)30(39)35-16-14-33(15-17-35)32(40)34-21-36(33)22-9-4-3-5-10-22/h3-7,9-11,13,19-20,23,25,31,37H,2,8,12,14-18,21H2,1H3,(H,34,40)/t23-,25+,31-/m1/s1. The van der Waals surface area contributed by atoms with Gasteiger partial charge in [0.2, 0.25) is 12.2 Å². The molecular formula is C33H37N3O7. The second-order valence-corrected chi connectivity index (χ2v) is 11.3. The van der Waals surface area contributed by atoms with Gasteiger partial charge >= 0.3 is 0 Å². The summed E-state index contributed by atoms with van der Waals surface area (Å²) in [6.45, 7) is 3.33. The number of anilines is 1. The number of allylic oxidation sites excluding steroid dienone is 1. The van der Waals surface area contributed by atoms with Gasteiger partial charge in [-0.05, 0) is 62.9 Å². The Labute approximate surface area is 249 Å². The van der Waals surface area contributed by atoms with Crippen LogP contribution < -0.4 is 15.6 Å². The molecule has 0 aliphatic carbocycles. The Hall–Kier alpha value is -4.15. The second kappa shape index (κ2) is 12.2. The summed E-state index contributed by atoms with van der Waals surface area (Å²) >= 11 is 0. The molecule has 4 heterocycles. The first kappa shape index (κ1) is 28.9. The average molecular weight is 588 g/mol. The highest BCUT2D eigenvalue weighted by Gasteiger charge is 2.51. The van der Waals surface area contributed by atoms with Gasteiger partial charge in [-0.25, -0.2) is 0 Å². The lowest BCUT2D eigenvalue weighted by atomic mass is 9.80. The van der Waals surface area contributed by atoms with Crippen molar-refractivity contribution < 1.29 is 28.6 Å². The number of aliphatic hydroxyl groups is 1. The summed E-state index contributed by atoms with van der Waals surface area (Å²) < 4.78 is 18.0. The second-order valence-electron chi connectivity index (χ2n) is 11.3. The summed E-state index contributed by atoms with van der Waals surface area (Å²) in [6, 6.07) is 16.9. The van der Waals surface area contributed by atoms with Crippen LogP contribution in [0.2, 0.25) is 0 Å². The van der Waals surface area contributed by atoms with Gasteiger partial charge in [-0.3, -0.25) is 14.4 Å². The number of carbonyl (C=O) groups is 2. The zero-order chi connectivity index (χ0) is 30.0. The lowest BCUT2D eigenvalue weighted by Crippen LogP contribution is -2.57. The van der Waals surface area contributed by atoms with Crippen LogP contribution in [0, 0.1) is 5.92 Å². The Morgan fingerprint density at radius 2 is 1.84 bits per heavy atom. The normalized spacial score (nSPS) is 23.3. The smallest absolute Gasteiger partial charge is 0.288 e. The van der Waals surface area contributed by atoms with E-state index < -0.39 is 17.7 Å². The molecule has 3 atom stereocenters. The third-order valence-corrected chi connectivity index (χ3v) is 8.97. The zero-order valence-corrected chi connectivity index (χ0v) is 24.2. The Morgan fingerprint density at radius 1 is 1.09 bits per heavy atom. The minimum Gasteiger partial charge on any atom is -0.464 e. The first-order valence-electron chi connectivity index (χ1n) is 15.0. The Balaban J connectivity index is 1.29. The number of fused-ring (bicyclic) bond motifs is 1. The molecule has 2 amide bonds. The summed E-state index contributed by atoms with van der Waals surface area (Å²) in [5.74, 6) is -1.06. The quantitative estimate of drug-likeness (QED) is 0.411. The SMILES string of the molecule is CCO[C@@H]1OC(C(=O)N2CCC3(CC2)C(=O)NCN3c2ccccc2)=C[C@H](c2coc3ccccc3c2=O)[C@H]1CCCO. The summed E-state index contributed by atoms with van der Waals surface area (Å²) in [5, 5.41) is 13.1. The topological polar surface area (TPSA) is 122 Å². The van der Waals surface area contributed by atoms with Crippen LogP contribution in [0.25, 0.3) is 11.0 Å². The molecule has 3 aliphatic heterocycles. The number of aliphatic hydroxyl groups excluding tert-OH is 1. The minimum atomic E-state index is -0.790. The van der Waals surface area contributed by atoms with E-state index in [0.717, 1.165) is 5.69 Å². The van der Waals surface area contributed by atoms with Crippen LogP contribution in [-0.4, -0.2) is 66.6 Å². The fourth-order valence-electron chi connectivity index (χ4n) is 6.71. The van der Waals surface area contributed by atoms with Crippen molar-refractivity contribution in [1.29, 1.82) is 0 Å². The van der Waals surface area contributed by atoms with Gasteiger partial charge in [0, 0.05) is 49.4 Å². The number of nitrogens with zero attached hydrogens (tertiary/aromatic N) is 2. The van der Waals surface area contributed by atoms with Crippen LogP contribution in [-0.2, 0) is 19.1 Å². The highest BCUT2D eigenvalue weighted by atomic mass is 16.7. The molecule has 2 N–H and O–H groups in total. The van der Waals surface area contributed by atoms with Crippen molar-refractivity contribution in [2.45, 2.75) is 50.4 Å². The van der Waals surface area contributed by atoms with Gasteiger partial charge in [-0.1, -0.05) is 30.3 Å². The molecule has 1 spiro atoms. The molecule has 10 heteroatoms. The highest BCUT2D eigenvalue weighted by molar-refractivity contribution is 5.95. The van der Waals surface area contributed by atoms with Crippen LogP contribution in [0.5, 0.6) is 0 Å². The van der Waals surface area contributed by atoms with Gasteiger partial charge in [0.1, 0.15) is 11.1 Å². The maximum atomic E-state index is 14.0. The van der Waals surface area contributed by atoms with Gasteiger partial charge in [-0.15, -0.1) is 0 Å². The molecule has 0 bridgehead atoms. The number of nitrogens with one attached hydrogen (secondary N) is 1. The first-order valence-corrected chi connectivity index (χ1v) is 15.0. The number of hydrogen-bond acceptors (Lipinski definition) is 8. The third kappa shape index (κ3) is 5.29. The van der Waals surface area contributed by atoms with E-state index in [1.807, 2.05) is 43.3 Å². The van der Waals surface area contributed by atoms with Crippen LogP contribution in [0.4, 0.5) is 5.69 Å². The zero-order valence-electron chi connectivity index (χ0n) is 24.2. The van der Waals surface area contributed by atoms with Crippen molar-refractivity contribution in [2.75, 3.05) is 37.9 Å². The number of rotatable bonds is 8. The largest absolute Gasteiger partial charge is 0.464 e. The molecule has 3 aromatic rings. The lowest BCUT2D eigenvalue weighted by Gasteiger charge is -2.44. The van der Waals surface area contributed by atoms with Crippen LogP contribution in [0.1, 0.15) is 44.1 Å². The van der Waals surface area contributed by atoms with Gasteiger partial charge in [0.15, 0.2) is 11.2 Å². The number of likely N-dealkylation sites (tertiary alicyclic amines) is 1. The molecule has 1 aromatic heterocycles. The third-order valence-electron chi connectivity index (χ3n) is 8.97. The van der Waals surface area contributed by atoms with Crippen molar-refractivity contribution >= 4 is 28.5 Å². The molecule has 0 unspecified atom stereocenters. The molecule has 2 saturated heterocycles. The summed E-state index contributed by atoms with van der Waals surface area (Å²) in [7, 11) is 0. The number of amides is 2. The van der Waals surface area contributed by atoms with Crippen molar-refractivity contribution in [1.82, 2.24) is 10.2 Å². The number of piperidine rings is 1. The molecular weight excluding hydrogens is 550 g/mol. The van der Waals surface area contributed by atoms with E-state index in [-0.39, 0.29) is 35.5 Å². The molecule has 43 heavy (non-hydrogen) atoms. The van der Waals surface area contributed by atoms with E-state index in [1.54, 1.807) is 29.2 Å². The summed E-state index contributed by atoms with van der Waals surface area (Å²) in [4.78, 5) is 44.5. The fourth-order valence-corrected chi connectivity index (χ4v) is 6.71. The lowest BCUT2D eigenvalue weighted by molar-refractivity contribution is -0.171. The predicted octanol–water partition coefficient (Wildman–Crippen LogP) is 3.50. The number of hydrogen-bond donors (Lipinski definition) is 2. The Bertz CT molecular complexity index is 1560. The molecule has 6 rings (SSSR count). The number of benzene rings is 2. The van der Waals surface area contributed by atoms with Crippen molar-refractivity contribution in [3.05, 3.63) is 88.5 Å². The summed E-state index contributed by atoms with van der Waals surface area (Å²) in [5.41, 5.74) is 0.965. The molecule has 0 saturated carbocycles. The van der Waals surface area contributed by atoms with E-state index in [9.17, 15) is 19.5 Å². The van der Waals surface area contributed by atoms with Gasteiger partial charge in [0.05, 0.1) is 18.3 Å². The minimum absolute atomic E-state index is 0.0208. The van der Waals surface area contributed by atoms with Crippen molar-refractivity contribution in [2.24, 2.45) is 5.92 Å². The van der Waals surface area contributed by atoms with E-state index in [4.69, 9.17) is 13.9 Å². The van der Waals surface area contributed by atoms with Gasteiger partial charge in [0.25, 0.3) is 5.91 Å². The number of ether oxygens (including phenoxy) is 2. The van der Waals surface area contributed by atoms with Gasteiger partial charge in [-0.2, -0.15) is 0 Å². The van der Waals surface area contributed by atoms with Crippen molar-refractivity contribution in [3.63, 3.8) is 0 Å². The Morgan fingerprint density at radius 3 is 2.58 bits per heavy atom. The van der Waals surface area contributed by atoms with Crippen LogP contribution >= 0.6 is 0 Å². The van der Waals surface area contributed by atoms with E-state index >= 15 is 0 Å². The Kier molecular flexibility index (Phi) is 8.23. The number of carbonyl (C=O) groups excluding carboxylic acids is 2. The highest BCUT2D eigenvalue weighted by Crippen LogP contribution is 2.41. The fraction of sp³-hybridized carbons (Fsp3) is 0.424. The first-order chi connectivity index (χ1) is 21.0. The van der Waals surface area contributed by atoms with E-state index in [1.165, 1.54) is 6.26 Å². The maximum Gasteiger partial charge on any atom is 0.288 e. The summed E-state index contributed by atoms with van der Waals surface area (Å²) in [6.07, 6.45) is 4.34. The average Bonchev–Trinajstić information content (AvgIpc) is 3.35. The molecule has 226 valence electrons. The molecule has 2 aromatic carbocycles. The molecule has 2 fully saturated rings.